The molecule has 1 aliphatic rings. The number of methoxy groups -OCH3 is 1. The van der Waals surface area contributed by atoms with E-state index < -0.39 is 12.7 Å². The van der Waals surface area contributed by atoms with Crippen LogP contribution in [-0.2, 0) is 0 Å². The summed E-state index contributed by atoms with van der Waals surface area (Å²) in [4.78, 5) is 0. The lowest BCUT2D eigenvalue weighted by atomic mass is 10.0. The third kappa shape index (κ3) is 3.36. The van der Waals surface area contributed by atoms with Crippen LogP contribution < -0.4 is 14.8 Å². The quantitative estimate of drug-likeness (QED) is 0.720. The Morgan fingerprint density at radius 2 is 1.89 bits per heavy atom. The number of nitrogens with one attached hydrogen (secondary N) is 1. The Balaban J connectivity index is 1.76. The molecule has 4 rings (SSSR count). The minimum absolute atomic E-state index is 0.0742. The summed E-state index contributed by atoms with van der Waals surface area (Å²) in [6, 6.07) is 10.1. The Labute approximate surface area is 157 Å². The number of aromatic nitrogens is 4. The van der Waals surface area contributed by atoms with Gasteiger partial charge >= 0.3 is 6.61 Å². The molecule has 2 heterocycles. The second kappa shape index (κ2) is 7.22. The third-order valence-electron chi connectivity index (χ3n) is 4.23. The predicted octanol–water partition coefficient (Wildman–Crippen LogP) is 3.48. The molecule has 0 fully saturated rings. The number of anilines is 1. The molecule has 0 unspecified atom stereocenters. The van der Waals surface area contributed by atoms with Crippen molar-refractivity contribution >= 4 is 11.6 Å². The maximum atomic E-state index is 13.2. The number of nitrogens with zero attached hydrogens (tertiary/aromatic N) is 4. The van der Waals surface area contributed by atoms with E-state index in [2.05, 4.69) is 25.6 Å². The molecular weight excluding hydrogens is 375 g/mol. The molecule has 0 saturated heterocycles. The van der Waals surface area contributed by atoms with Crippen molar-refractivity contribution in [2.45, 2.75) is 12.7 Å². The average Bonchev–Trinajstić information content (AvgIpc) is 3.16. The van der Waals surface area contributed by atoms with Gasteiger partial charge in [0.2, 0.25) is 5.95 Å². The fraction of sp³-hybridized carbons (Fsp3) is 0.167. The standard InChI is InChI=1S/C18H14F3N5O2/c1-27-16-8-11(4-7-15(16)28-17(20)21)14-9-13(10-2-5-12(19)6-3-10)22-18-23-24-25-26(14)18/h2-9,14,17H,1H3,(H,22,23,25)/t14-/m1/s1. The smallest absolute Gasteiger partial charge is 0.387 e. The Kier molecular flexibility index (Phi) is 4.60. The SMILES string of the molecule is COc1cc([C@H]2C=C(c3ccc(F)cc3)Nc3nnnn32)ccc1OC(F)F. The minimum Gasteiger partial charge on any atom is -0.493 e. The fourth-order valence-electron chi connectivity index (χ4n) is 2.95. The zero-order valence-electron chi connectivity index (χ0n) is 14.5. The zero-order chi connectivity index (χ0) is 19.7. The van der Waals surface area contributed by atoms with Crippen molar-refractivity contribution in [3.05, 3.63) is 65.5 Å². The second-order valence-electron chi connectivity index (χ2n) is 5.89. The fourth-order valence-corrected chi connectivity index (χ4v) is 2.95. The van der Waals surface area contributed by atoms with Crippen molar-refractivity contribution in [1.82, 2.24) is 20.2 Å². The number of alkyl halides is 2. The molecule has 144 valence electrons. The van der Waals surface area contributed by atoms with E-state index in [9.17, 15) is 13.2 Å². The average molecular weight is 389 g/mol. The van der Waals surface area contributed by atoms with E-state index in [1.807, 2.05) is 6.08 Å². The van der Waals surface area contributed by atoms with Gasteiger partial charge in [-0.1, -0.05) is 11.2 Å². The molecular formula is C18H14F3N5O2. The Morgan fingerprint density at radius 1 is 1.11 bits per heavy atom. The largest absolute Gasteiger partial charge is 0.493 e. The van der Waals surface area contributed by atoms with E-state index in [0.717, 1.165) is 5.56 Å². The summed E-state index contributed by atoms with van der Waals surface area (Å²) in [5.74, 6) is 0.122. The topological polar surface area (TPSA) is 74.1 Å². The summed E-state index contributed by atoms with van der Waals surface area (Å²) in [7, 11) is 1.36. The van der Waals surface area contributed by atoms with Gasteiger partial charge in [0, 0.05) is 5.70 Å². The van der Waals surface area contributed by atoms with Gasteiger partial charge in [0.05, 0.1) is 7.11 Å². The molecule has 0 radical (unpaired) electrons. The molecule has 0 bridgehead atoms. The van der Waals surface area contributed by atoms with Crippen LogP contribution in [0, 0.1) is 5.82 Å². The maximum absolute atomic E-state index is 13.2. The highest BCUT2D eigenvalue weighted by molar-refractivity contribution is 5.77. The lowest BCUT2D eigenvalue weighted by molar-refractivity contribution is -0.0512. The summed E-state index contributed by atoms with van der Waals surface area (Å²) >= 11 is 0. The molecule has 28 heavy (non-hydrogen) atoms. The van der Waals surface area contributed by atoms with E-state index in [1.165, 1.54) is 30.0 Å². The van der Waals surface area contributed by atoms with E-state index in [-0.39, 0.29) is 17.3 Å². The van der Waals surface area contributed by atoms with Crippen molar-refractivity contribution in [2.24, 2.45) is 0 Å². The lowest BCUT2D eigenvalue weighted by Crippen LogP contribution is -2.20. The first-order chi connectivity index (χ1) is 13.5. The second-order valence-corrected chi connectivity index (χ2v) is 5.89. The van der Waals surface area contributed by atoms with Crippen LogP contribution in [0.5, 0.6) is 11.5 Å². The van der Waals surface area contributed by atoms with Gasteiger partial charge in [-0.25, -0.2) is 4.39 Å². The molecule has 2 aromatic carbocycles. The zero-order valence-corrected chi connectivity index (χ0v) is 14.5. The summed E-state index contributed by atoms with van der Waals surface area (Å²) in [6.45, 7) is -2.96. The first-order valence-corrected chi connectivity index (χ1v) is 8.20. The summed E-state index contributed by atoms with van der Waals surface area (Å²) in [5.41, 5.74) is 2.11. The molecule has 0 saturated carbocycles. The van der Waals surface area contributed by atoms with Gasteiger partial charge in [-0.05, 0) is 64.0 Å². The number of ether oxygens (including phenoxy) is 2. The van der Waals surface area contributed by atoms with Gasteiger partial charge in [-0.15, -0.1) is 0 Å². The highest BCUT2D eigenvalue weighted by atomic mass is 19.3. The van der Waals surface area contributed by atoms with Crippen molar-refractivity contribution in [1.29, 1.82) is 0 Å². The number of allylic oxidation sites excluding steroid dienone is 1. The van der Waals surface area contributed by atoms with Crippen molar-refractivity contribution in [3.63, 3.8) is 0 Å². The van der Waals surface area contributed by atoms with Crippen LogP contribution in [-0.4, -0.2) is 33.9 Å². The van der Waals surface area contributed by atoms with Crippen LogP contribution in [0.4, 0.5) is 19.1 Å². The van der Waals surface area contributed by atoms with Gasteiger partial charge in [-0.2, -0.15) is 13.5 Å². The van der Waals surface area contributed by atoms with Gasteiger partial charge in [0.1, 0.15) is 11.9 Å². The molecule has 1 atom stereocenters. The minimum atomic E-state index is -2.96. The van der Waals surface area contributed by atoms with Crippen LogP contribution in [0.2, 0.25) is 0 Å². The van der Waals surface area contributed by atoms with Crippen LogP contribution in [0.1, 0.15) is 17.2 Å². The Bertz CT molecular complexity index is 1020. The number of halogens is 3. The van der Waals surface area contributed by atoms with Gasteiger partial charge < -0.3 is 14.8 Å². The van der Waals surface area contributed by atoms with Gasteiger partial charge in [-0.3, -0.25) is 0 Å². The molecule has 1 aromatic heterocycles. The first-order valence-electron chi connectivity index (χ1n) is 8.20. The van der Waals surface area contributed by atoms with Crippen LogP contribution in [0.3, 0.4) is 0 Å². The molecule has 0 aliphatic carbocycles. The van der Waals surface area contributed by atoms with E-state index >= 15 is 0 Å². The molecule has 1 N–H and O–H groups in total. The number of hydrogen-bond acceptors (Lipinski definition) is 6. The van der Waals surface area contributed by atoms with Crippen LogP contribution in [0.25, 0.3) is 5.70 Å². The normalized spacial score (nSPS) is 15.6. The Morgan fingerprint density at radius 3 is 2.61 bits per heavy atom. The molecule has 3 aromatic rings. The highest BCUT2D eigenvalue weighted by Gasteiger charge is 2.25. The van der Waals surface area contributed by atoms with Crippen LogP contribution in [0.15, 0.2) is 48.5 Å². The maximum Gasteiger partial charge on any atom is 0.387 e. The summed E-state index contributed by atoms with van der Waals surface area (Å²) in [5, 5.41) is 14.7. The number of benzene rings is 2. The van der Waals surface area contributed by atoms with E-state index in [1.54, 1.807) is 24.3 Å². The highest BCUT2D eigenvalue weighted by Crippen LogP contribution is 2.36. The number of hydrogen-bond donors (Lipinski definition) is 1. The first kappa shape index (κ1) is 17.8. The van der Waals surface area contributed by atoms with E-state index in [4.69, 9.17) is 4.74 Å². The predicted molar refractivity (Wildman–Crippen MR) is 93.6 cm³/mol. The van der Waals surface area contributed by atoms with Crippen molar-refractivity contribution in [3.8, 4) is 11.5 Å². The third-order valence-corrected chi connectivity index (χ3v) is 4.23. The molecule has 0 spiro atoms. The summed E-state index contributed by atoms with van der Waals surface area (Å²) < 4.78 is 49.5. The monoisotopic (exact) mass is 389 g/mol. The van der Waals surface area contributed by atoms with Crippen molar-refractivity contribution < 1.29 is 22.6 Å². The van der Waals surface area contributed by atoms with E-state index in [0.29, 0.717) is 17.2 Å². The molecule has 7 nitrogen and oxygen atoms in total. The van der Waals surface area contributed by atoms with Gasteiger partial charge in [0.15, 0.2) is 11.5 Å². The summed E-state index contributed by atoms with van der Waals surface area (Å²) in [6.07, 6.45) is 1.85. The molecule has 1 aliphatic heterocycles. The van der Waals surface area contributed by atoms with Gasteiger partial charge in [0.25, 0.3) is 0 Å². The molecule has 10 heteroatoms. The van der Waals surface area contributed by atoms with Crippen molar-refractivity contribution in [2.75, 3.05) is 12.4 Å². The van der Waals surface area contributed by atoms with Crippen LogP contribution >= 0.6 is 0 Å². The number of rotatable bonds is 5. The Hall–Kier alpha value is -3.56. The number of tetrazole rings is 1. The number of fused-ring (bicyclic) bond motifs is 1. The molecule has 0 amide bonds. The lowest BCUT2D eigenvalue weighted by Gasteiger charge is -2.24.